The normalized spacial score (nSPS) is 13.8. The van der Waals surface area contributed by atoms with Gasteiger partial charge in [-0.15, -0.1) is 0 Å². The molecule has 0 aliphatic carbocycles. The molecule has 0 saturated heterocycles. The third kappa shape index (κ3) is 8.64. The van der Waals surface area contributed by atoms with Crippen LogP contribution in [-0.2, 0) is 4.79 Å². The van der Waals surface area contributed by atoms with E-state index >= 15 is 0 Å². The van der Waals surface area contributed by atoms with Crippen molar-refractivity contribution in [2.75, 3.05) is 6.54 Å². The Labute approximate surface area is 88.0 Å². The maximum atomic E-state index is 9.66. The van der Waals surface area contributed by atoms with Gasteiger partial charge in [-0.1, -0.05) is 50.7 Å². The van der Waals surface area contributed by atoms with Crippen molar-refractivity contribution in [3.05, 3.63) is 0 Å². The fourth-order valence-electron chi connectivity index (χ4n) is 0.452. The highest BCUT2D eigenvalue weighted by molar-refractivity contribution is 9.09. The zero-order valence-electron chi connectivity index (χ0n) is 5.36. The fraction of sp³-hybridized carbons (Fsp3) is 0.800. The number of nitrogens with zero attached hydrogens (tertiary/aromatic N) is 1. The van der Waals surface area contributed by atoms with Crippen LogP contribution in [-0.4, -0.2) is 21.2 Å². The first-order valence-corrected chi connectivity index (χ1v) is 4.75. The standard InChI is InChI=1S/C5H5BrCl3NO/c6-4(2-10-3-11)1-5(7,8)9/h4H,1-2H2. The van der Waals surface area contributed by atoms with Crippen LogP contribution in [0, 0.1) is 0 Å². The number of aliphatic imine (C=N–C) groups is 1. The van der Waals surface area contributed by atoms with E-state index in [-0.39, 0.29) is 11.4 Å². The van der Waals surface area contributed by atoms with Gasteiger partial charge in [-0.2, -0.15) is 0 Å². The summed E-state index contributed by atoms with van der Waals surface area (Å²) < 4.78 is -1.30. The van der Waals surface area contributed by atoms with E-state index in [0.29, 0.717) is 6.42 Å². The van der Waals surface area contributed by atoms with Gasteiger partial charge in [0.25, 0.3) is 0 Å². The highest BCUT2D eigenvalue weighted by atomic mass is 79.9. The molecule has 1 unspecified atom stereocenters. The fourth-order valence-corrected chi connectivity index (χ4v) is 2.20. The minimum atomic E-state index is -1.30. The Morgan fingerprint density at radius 1 is 1.55 bits per heavy atom. The smallest absolute Gasteiger partial charge is 0.211 e. The second-order valence-corrected chi connectivity index (χ2v) is 5.66. The summed E-state index contributed by atoms with van der Waals surface area (Å²) in [5.74, 6) is 0. The first-order valence-electron chi connectivity index (χ1n) is 2.70. The highest BCUT2D eigenvalue weighted by Gasteiger charge is 2.23. The summed E-state index contributed by atoms with van der Waals surface area (Å²) in [7, 11) is 0. The molecule has 0 aliphatic heterocycles. The van der Waals surface area contributed by atoms with Gasteiger partial charge >= 0.3 is 0 Å². The third-order valence-electron chi connectivity index (χ3n) is 0.807. The Balaban J connectivity index is 3.69. The molecule has 0 aromatic carbocycles. The minimum absolute atomic E-state index is 0.101. The van der Waals surface area contributed by atoms with Gasteiger partial charge in [-0.3, -0.25) is 0 Å². The van der Waals surface area contributed by atoms with Gasteiger partial charge in [0.1, 0.15) is 0 Å². The second-order valence-electron chi connectivity index (χ2n) is 1.85. The van der Waals surface area contributed by atoms with E-state index in [1.807, 2.05) is 0 Å². The molecule has 0 fully saturated rings. The monoisotopic (exact) mass is 279 g/mol. The number of rotatable bonds is 3. The molecular formula is C5H5BrCl3NO. The molecule has 1 atom stereocenters. The largest absolute Gasteiger partial charge is 0.234 e. The van der Waals surface area contributed by atoms with E-state index in [0.717, 1.165) is 0 Å². The lowest BCUT2D eigenvalue weighted by atomic mass is 10.3. The van der Waals surface area contributed by atoms with Crippen LogP contribution in [0.25, 0.3) is 0 Å². The van der Waals surface area contributed by atoms with E-state index < -0.39 is 3.79 Å². The van der Waals surface area contributed by atoms with Gasteiger partial charge in [-0.05, 0) is 0 Å². The maximum absolute atomic E-state index is 9.66. The van der Waals surface area contributed by atoms with Crippen molar-refractivity contribution in [1.29, 1.82) is 0 Å². The average Bonchev–Trinajstić information content (AvgIpc) is 1.79. The number of hydrogen-bond donors (Lipinski definition) is 0. The van der Waals surface area contributed by atoms with Crippen LogP contribution < -0.4 is 0 Å². The Morgan fingerprint density at radius 3 is 2.45 bits per heavy atom. The zero-order chi connectivity index (χ0) is 8.91. The molecule has 2 nitrogen and oxygen atoms in total. The van der Waals surface area contributed by atoms with Gasteiger partial charge in [0.05, 0.1) is 6.54 Å². The number of alkyl halides is 4. The summed E-state index contributed by atoms with van der Waals surface area (Å²) in [6.45, 7) is 0.275. The minimum Gasteiger partial charge on any atom is -0.211 e. The number of hydrogen-bond acceptors (Lipinski definition) is 2. The molecule has 0 aliphatic rings. The summed E-state index contributed by atoms with van der Waals surface area (Å²) in [5.41, 5.74) is 0. The summed E-state index contributed by atoms with van der Waals surface area (Å²) >= 11 is 19.6. The SMILES string of the molecule is O=C=NCC(Br)CC(Cl)(Cl)Cl. The van der Waals surface area contributed by atoms with Crippen LogP contribution in [0.5, 0.6) is 0 Å². The van der Waals surface area contributed by atoms with E-state index in [9.17, 15) is 4.79 Å². The van der Waals surface area contributed by atoms with Gasteiger partial charge < -0.3 is 0 Å². The summed E-state index contributed by atoms with van der Waals surface area (Å²) in [6.07, 6.45) is 1.71. The molecule has 0 aromatic rings. The lowest BCUT2D eigenvalue weighted by Gasteiger charge is -2.12. The number of isocyanates is 1. The summed E-state index contributed by atoms with van der Waals surface area (Å²) in [4.78, 5) is 12.9. The van der Waals surface area contributed by atoms with Crippen molar-refractivity contribution in [2.45, 2.75) is 15.0 Å². The van der Waals surface area contributed by atoms with Crippen molar-refractivity contribution >= 4 is 56.8 Å². The van der Waals surface area contributed by atoms with Gasteiger partial charge in [-0.25, -0.2) is 9.79 Å². The molecule has 0 radical (unpaired) electrons. The highest BCUT2D eigenvalue weighted by Crippen LogP contribution is 2.33. The summed E-state index contributed by atoms with van der Waals surface area (Å²) in [6, 6.07) is 0. The van der Waals surface area contributed by atoms with Crippen LogP contribution in [0.3, 0.4) is 0 Å². The predicted molar refractivity (Wildman–Crippen MR) is 50.6 cm³/mol. The molecule has 0 bridgehead atoms. The Kier molecular flexibility index (Phi) is 5.75. The Bertz CT molecular complexity index is 164. The molecule has 0 spiro atoms. The number of carbonyl (C=O) groups excluding carboxylic acids is 1. The first kappa shape index (κ1) is 11.7. The summed E-state index contributed by atoms with van der Waals surface area (Å²) in [5, 5.41) is 0. The van der Waals surface area contributed by atoms with Crippen LogP contribution in [0.2, 0.25) is 0 Å². The first-order chi connectivity index (χ1) is 4.95. The lowest BCUT2D eigenvalue weighted by molar-refractivity contribution is 0.562. The topological polar surface area (TPSA) is 29.4 Å². The van der Waals surface area contributed by atoms with Crippen LogP contribution in [0.15, 0.2) is 4.99 Å². The second kappa shape index (κ2) is 5.39. The van der Waals surface area contributed by atoms with Crippen molar-refractivity contribution in [1.82, 2.24) is 0 Å². The average molecular weight is 281 g/mol. The van der Waals surface area contributed by atoms with Crippen LogP contribution in [0.1, 0.15) is 6.42 Å². The van der Waals surface area contributed by atoms with Gasteiger partial charge in [0, 0.05) is 11.2 Å². The molecule has 0 N–H and O–H groups in total. The lowest BCUT2D eigenvalue weighted by Crippen LogP contribution is -2.13. The molecule has 0 saturated carbocycles. The van der Waals surface area contributed by atoms with Crippen molar-refractivity contribution in [3.8, 4) is 0 Å². The molecule has 0 rings (SSSR count). The van der Waals surface area contributed by atoms with E-state index in [1.165, 1.54) is 6.08 Å². The van der Waals surface area contributed by atoms with Crippen LogP contribution in [0.4, 0.5) is 0 Å². The van der Waals surface area contributed by atoms with Crippen molar-refractivity contribution < 1.29 is 4.79 Å². The van der Waals surface area contributed by atoms with E-state index in [2.05, 4.69) is 20.9 Å². The molecule has 6 heteroatoms. The molecule has 64 valence electrons. The van der Waals surface area contributed by atoms with Crippen LogP contribution >= 0.6 is 50.7 Å². The van der Waals surface area contributed by atoms with Crippen molar-refractivity contribution in [2.24, 2.45) is 4.99 Å². The third-order valence-corrected chi connectivity index (χ3v) is 1.88. The molecule has 11 heavy (non-hydrogen) atoms. The molecule has 0 heterocycles. The Hall–Kier alpha value is 0.730. The zero-order valence-corrected chi connectivity index (χ0v) is 9.21. The predicted octanol–water partition coefficient (Wildman–Crippen LogP) is 2.85. The van der Waals surface area contributed by atoms with E-state index in [4.69, 9.17) is 34.8 Å². The quantitative estimate of drug-likeness (QED) is 0.444. The molecule has 0 aromatic heterocycles. The molecule has 0 amide bonds. The van der Waals surface area contributed by atoms with Gasteiger partial charge in [0.2, 0.25) is 6.08 Å². The Morgan fingerprint density at radius 2 is 2.09 bits per heavy atom. The number of halogens is 4. The van der Waals surface area contributed by atoms with Gasteiger partial charge in [0.15, 0.2) is 3.79 Å². The van der Waals surface area contributed by atoms with E-state index in [1.54, 1.807) is 0 Å². The van der Waals surface area contributed by atoms with Crippen molar-refractivity contribution in [3.63, 3.8) is 0 Å². The maximum Gasteiger partial charge on any atom is 0.234 e. The molecular weight excluding hydrogens is 276 g/mol.